The lowest BCUT2D eigenvalue weighted by atomic mass is 10.1. The molecule has 0 saturated carbocycles. The van der Waals surface area contributed by atoms with E-state index in [-0.39, 0.29) is 36.9 Å². The lowest BCUT2D eigenvalue weighted by Crippen LogP contribution is -2.15. The summed E-state index contributed by atoms with van der Waals surface area (Å²) in [5.41, 5.74) is 1.14. The molecule has 2 aromatic rings. The first-order valence-corrected chi connectivity index (χ1v) is 10.9. The summed E-state index contributed by atoms with van der Waals surface area (Å²) >= 11 is 0. The van der Waals surface area contributed by atoms with Crippen LogP contribution in [0.1, 0.15) is 42.5 Å². The number of benzene rings is 2. The summed E-state index contributed by atoms with van der Waals surface area (Å²) in [6.07, 6.45) is 0. The second-order valence-corrected chi connectivity index (χ2v) is 8.08. The van der Waals surface area contributed by atoms with Crippen molar-refractivity contribution >= 4 is 19.3 Å². The van der Waals surface area contributed by atoms with Crippen molar-refractivity contribution in [3.63, 3.8) is 0 Å². The van der Waals surface area contributed by atoms with Gasteiger partial charge in [0, 0.05) is 17.3 Å². The van der Waals surface area contributed by atoms with Crippen LogP contribution < -0.4 is 5.32 Å². The molecule has 0 amide bonds. The van der Waals surface area contributed by atoms with Crippen molar-refractivity contribution in [2.45, 2.75) is 26.6 Å². The molecule has 0 radical (unpaired) electrons. The Kier molecular flexibility index (Phi) is 8.08. The third-order valence-electron chi connectivity index (χ3n) is 3.94. The highest BCUT2D eigenvalue weighted by molar-refractivity contribution is 7.54. The van der Waals surface area contributed by atoms with Gasteiger partial charge in [0.1, 0.15) is 11.5 Å². The number of hydrogen-bond acceptors (Lipinski definition) is 8. The third kappa shape index (κ3) is 5.73. The van der Waals surface area contributed by atoms with Crippen LogP contribution in [0.25, 0.3) is 0 Å². The van der Waals surface area contributed by atoms with E-state index in [4.69, 9.17) is 13.8 Å². The predicted molar refractivity (Wildman–Crippen MR) is 109 cm³/mol. The highest BCUT2D eigenvalue weighted by atomic mass is 31.2. The first-order chi connectivity index (χ1) is 13.8. The van der Waals surface area contributed by atoms with Crippen LogP contribution in [0.5, 0.6) is 11.5 Å². The molecule has 0 aliphatic heterocycles. The predicted octanol–water partition coefficient (Wildman–Crippen LogP) is 4.65. The molecule has 2 aromatic carbocycles. The molecule has 158 valence electrons. The van der Waals surface area contributed by atoms with E-state index in [1.807, 2.05) is 0 Å². The van der Waals surface area contributed by atoms with Crippen molar-refractivity contribution in [2.75, 3.05) is 25.1 Å². The Bertz CT molecular complexity index is 860. The van der Waals surface area contributed by atoms with Gasteiger partial charge in [-0.3, -0.25) is 4.57 Å². The van der Waals surface area contributed by atoms with Gasteiger partial charge in [-0.1, -0.05) is 0 Å². The van der Waals surface area contributed by atoms with E-state index in [9.17, 15) is 19.6 Å². The van der Waals surface area contributed by atoms with Crippen molar-refractivity contribution in [2.24, 2.45) is 0 Å². The molecule has 9 heteroatoms. The fraction of sp³-hybridized carbons (Fsp3) is 0.350. The molecule has 0 unspecified atom stereocenters. The lowest BCUT2D eigenvalue weighted by Gasteiger charge is -2.28. The van der Waals surface area contributed by atoms with E-state index >= 15 is 0 Å². The number of hydrogen-bond donors (Lipinski definition) is 3. The standard InChI is InChI=1S/C20H26NO7P/c1-4-26-20(24)14-7-9-15(10-8-14)21-19(29(25,27-5-2)28-6-3)17-12-11-16(22)13-18(17)23/h7-13,19,21-23H,4-6H2,1-3H3/t19-/m1/s1. The van der Waals surface area contributed by atoms with Crippen LogP contribution in [0.2, 0.25) is 0 Å². The fourth-order valence-electron chi connectivity index (χ4n) is 2.71. The minimum atomic E-state index is -3.74. The molecular formula is C20H26NO7P. The smallest absolute Gasteiger partial charge is 0.357 e. The first kappa shape index (κ1) is 22.7. The molecule has 3 N–H and O–H groups in total. The third-order valence-corrected chi connectivity index (χ3v) is 6.22. The maximum absolute atomic E-state index is 13.5. The van der Waals surface area contributed by atoms with Gasteiger partial charge >= 0.3 is 13.6 Å². The topological polar surface area (TPSA) is 114 Å². The van der Waals surface area contributed by atoms with Gasteiger partial charge in [0.05, 0.1) is 25.4 Å². The quantitative estimate of drug-likeness (QED) is 0.374. The number of esters is 1. The summed E-state index contributed by atoms with van der Waals surface area (Å²) in [6, 6.07) is 10.4. The molecule has 0 bridgehead atoms. The maximum atomic E-state index is 13.5. The highest BCUT2D eigenvalue weighted by Gasteiger charge is 2.38. The Morgan fingerprint density at radius 1 is 1.00 bits per heavy atom. The van der Waals surface area contributed by atoms with Crippen molar-refractivity contribution in [3.05, 3.63) is 53.6 Å². The molecule has 8 nitrogen and oxygen atoms in total. The van der Waals surface area contributed by atoms with Crippen molar-refractivity contribution in [3.8, 4) is 11.5 Å². The zero-order chi connectivity index (χ0) is 21.4. The summed E-state index contributed by atoms with van der Waals surface area (Å²) in [5, 5.41) is 23.0. The zero-order valence-electron chi connectivity index (χ0n) is 16.6. The minimum absolute atomic E-state index is 0.133. The highest BCUT2D eigenvalue weighted by Crippen LogP contribution is 2.62. The van der Waals surface area contributed by atoms with Crippen molar-refractivity contribution in [1.29, 1.82) is 0 Å². The Morgan fingerprint density at radius 2 is 1.62 bits per heavy atom. The van der Waals surface area contributed by atoms with E-state index in [2.05, 4.69) is 5.32 Å². The average Bonchev–Trinajstić information content (AvgIpc) is 2.68. The largest absolute Gasteiger partial charge is 0.508 e. The van der Waals surface area contributed by atoms with Gasteiger partial charge in [0.25, 0.3) is 0 Å². The molecule has 0 fully saturated rings. The molecule has 0 heterocycles. The first-order valence-electron chi connectivity index (χ1n) is 9.29. The summed E-state index contributed by atoms with van der Waals surface area (Å²) in [5.74, 6) is -1.88. The van der Waals surface area contributed by atoms with Crippen LogP contribution in [0.15, 0.2) is 42.5 Å². The van der Waals surface area contributed by atoms with E-state index < -0.39 is 19.3 Å². The molecule has 0 aromatic heterocycles. The summed E-state index contributed by atoms with van der Waals surface area (Å²) < 4.78 is 29.3. The number of phenolic OH excluding ortho intramolecular Hbond substituents is 2. The number of phenols is 2. The van der Waals surface area contributed by atoms with Crippen LogP contribution >= 0.6 is 7.60 Å². The van der Waals surface area contributed by atoms with Gasteiger partial charge < -0.3 is 29.3 Å². The Labute approximate surface area is 170 Å². The van der Waals surface area contributed by atoms with Gasteiger partial charge in [-0.15, -0.1) is 0 Å². The summed E-state index contributed by atoms with van der Waals surface area (Å²) in [7, 11) is -3.74. The van der Waals surface area contributed by atoms with Crippen LogP contribution in [0.4, 0.5) is 5.69 Å². The van der Waals surface area contributed by atoms with Crippen LogP contribution in [-0.2, 0) is 18.3 Å². The molecular weight excluding hydrogens is 397 g/mol. The van der Waals surface area contributed by atoms with Crippen molar-refractivity contribution < 1.29 is 33.4 Å². The second-order valence-electron chi connectivity index (χ2n) is 5.96. The molecule has 0 aliphatic carbocycles. The van der Waals surface area contributed by atoms with E-state index in [0.29, 0.717) is 11.3 Å². The number of carbonyl (C=O) groups is 1. The number of rotatable bonds is 10. The zero-order valence-corrected chi connectivity index (χ0v) is 17.5. The molecule has 2 rings (SSSR count). The lowest BCUT2D eigenvalue weighted by molar-refractivity contribution is 0.0526. The van der Waals surface area contributed by atoms with Gasteiger partial charge in [0.2, 0.25) is 0 Å². The number of aromatic hydroxyl groups is 2. The second kappa shape index (κ2) is 10.3. The van der Waals surface area contributed by atoms with Crippen molar-refractivity contribution in [1.82, 2.24) is 0 Å². The number of anilines is 1. The molecule has 29 heavy (non-hydrogen) atoms. The normalized spacial score (nSPS) is 12.4. The van der Waals surface area contributed by atoms with Crippen LogP contribution in [0, 0.1) is 0 Å². The molecule has 0 spiro atoms. The number of ether oxygens (including phenoxy) is 1. The van der Waals surface area contributed by atoms with Gasteiger partial charge in [0.15, 0.2) is 5.78 Å². The maximum Gasteiger partial charge on any atom is 0.357 e. The molecule has 0 aliphatic rings. The Hall–Kier alpha value is -2.54. The number of carbonyl (C=O) groups excluding carboxylic acids is 1. The Morgan fingerprint density at radius 3 is 2.14 bits per heavy atom. The SMILES string of the molecule is CCOC(=O)c1ccc(N[C@@H](c2ccc(O)cc2O)P(=O)(OCC)OCC)cc1. The Balaban J connectivity index is 2.42. The van der Waals surface area contributed by atoms with E-state index in [1.54, 1.807) is 45.0 Å². The molecule has 0 saturated heterocycles. The average molecular weight is 423 g/mol. The van der Waals surface area contributed by atoms with Crippen LogP contribution in [-0.4, -0.2) is 36.0 Å². The van der Waals surface area contributed by atoms with Gasteiger partial charge in [-0.25, -0.2) is 4.79 Å². The summed E-state index contributed by atoms with van der Waals surface area (Å²) in [6.45, 7) is 5.64. The number of nitrogens with one attached hydrogen (secondary N) is 1. The fourth-order valence-corrected chi connectivity index (χ4v) is 4.67. The minimum Gasteiger partial charge on any atom is -0.508 e. The van der Waals surface area contributed by atoms with Crippen LogP contribution in [0.3, 0.4) is 0 Å². The van der Waals surface area contributed by atoms with Gasteiger partial charge in [-0.05, 0) is 57.2 Å². The summed E-state index contributed by atoms with van der Waals surface area (Å²) in [4.78, 5) is 11.8. The van der Waals surface area contributed by atoms with E-state index in [1.165, 1.54) is 12.1 Å². The van der Waals surface area contributed by atoms with Gasteiger partial charge in [-0.2, -0.15) is 0 Å². The molecule has 1 atom stereocenters. The van der Waals surface area contributed by atoms with E-state index in [0.717, 1.165) is 6.07 Å². The monoisotopic (exact) mass is 423 g/mol.